The van der Waals surface area contributed by atoms with Gasteiger partial charge in [-0.1, -0.05) is 28.9 Å². The second-order valence-electron chi connectivity index (χ2n) is 8.83. The van der Waals surface area contributed by atoms with Crippen LogP contribution in [0.5, 0.6) is 0 Å². The van der Waals surface area contributed by atoms with Gasteiger partial charge in [0.25, 0.3) is 0 Å². The molecule has 9 heteroatoms. The van der Waals surface area contributed by atoms with Crippen molar-refractivity contribution in [2.24, 2.45) is 0 Å². The van der Waals surface area contributed by atoms with E-state index in [4.69, 9.17) is 16.1 Å². The molecule has 4 aromatic rings. The Morgan fingerprint density at radius 1 is 1.03 bits per heavy atom. The van der Waals surface area contributed by atoms with Crippen molar-refractivity contribution in [2.75, 3.05) is 0 Å². The number of hydrogen-bond donors (Lipinski definition) is 1. The first-order valence-corrected chi connectivity index (χ1v) is 11.5. The molecule has 0 radical (unpaired) electrons. The third-order valence-electron chi connectivity index (χ3n) is 6.89. The van der Waals surface area contributed by atoms with Crippen molar-refractivity contribution in [3.63, 3.8) is 0 Å². The van der Waals surface area contributed by atoms with E-state index in [0.29, 0.717) is 16.8 Å². The molecule has 2 aromatic heterocycles. The molecule has 1 aliphatic carbocycles. The summed E-state index contributed by atoms with van der Waals surface area (Å²) in [6.45, 7) is 0.453. The van der Waals surface area contributed by atoms with Crippen molar-refractivity contribution in [1.82, 2.24) is 24.8 Å². The maximum absolute atomic E-state index is 11.8. The average molecular weight is 464 g/mol. The number of carboxylic acid groups (broad SMARTS) is 1. The Bertz CT molecular complexity index is 1360. The van der Waals surface area contributed by atoms with Gasteiger partial charge in [-0.25, -0.2) is 4.79 Å². The summed E-state index contributed by atoms with van der Waals surface area (Å²) in [5, 5.41) is 24.6. The molecular weight excluding hydrogens is 442 g/mol. The van der Waals surface area contributed by atoms with Gasteiger partial charge in [0.1, 0.15) is 5.82 Å². The van der Waals surface area contributed by atoms with Gasteiger partial charge in [0.15, 0.2) is 11.4 Å². The molecule has 0 spiro atoms. The summed E-state index contributed by atoms with van der Waals surface area (Å²) in [6, 6.07) is 13.6. The van der Waals surface area contributed by atoms with E-state index in [9.17, 15) is 9.90 Å². The summed E-state index contributed by atoms with van der Waals surface area (Å²) in [5.41, 5.74) is 3.63. The fourth-order valence-corrected chi connectivity index (χ4v) is 5.45. The summed E-state index contributed by atoms with van der Waals surface area (Å²) >= 11 is 6.23. The number of hydrogen-bond acceptors (Lipinski definition) is 5. The molecule has 6 rings (SSSR count). The third-order valence-corrected chi connectivity index (χ3v) is 7.12. The van der Waals surface area contributed by atoms with Gasteiger partial charge < -0.3 is 9.63 Å². The number of rotatable bonds is 2. The van der Waals surface area contributed by atoms with Gasteiger partial charge in [-0.2, -0.15) is 0 Å². The summed E-state index contributed by atoms with van der Waals surface area (Å²) in [7, 11) is 0. The smallest absolute Gasteiger partial charge is 0.408 e. The minimum atomic E-state index is -0.987. The maximum Gasteiger partial charge on any atom is 0.408 e. The zero-order chi connectivity index (χ0) is 22.5. The standard InChI is InChI=1S/C24H22ClN5O3/c25-17-9-10-19-16(11-17)12-29(24(31)32)13-21-26-27-23(30(19)21)15-7-5-14(6-8-15)22-18-3-1-2-4-20(18)33-28-22/h1-4,9-11,14-15H,5-8,12-13H2,(H,31,32). The molecule has 2 aromatic carbocycles. The number of carbonyl (C=O) groups is 1. The van der Waals surface area contributed by atoms with E-state index in [1.165, 1.54) is 4.90 Å². The number of aromatic nitrogens is 4. The van der Waals surface area contributed by atoms with Crippen LogP contribution in [0.25, 0.3) is 16.7 Å². The Hall–Kier alpha value is -3.39. The highest BCUT2D eigenvalue weighted by molar-refractivity contribution is 6.30. The lowest BCUT2D eigenvalue weighted by Gasteiger charge is -2.27. The van der Waals surface area contributed by atoms with Crippen LogP contribution in [-0.4, -0.2) is 36.0 Å². The van der Waals surface area contributed by atoms with Crippen molar-refractivity contribution in [3.05, 3.63) is 70.4 Å². The lowest BCUT2D eigenvalue weighted by Crippen LogP contribution is -2.27. The molecule has 168 valence electrons. The summed E-state index contributed by atoms with van der Waals surface area (Å²) in [5.74, 6) is 2.12. The number of para-hydroxylation sites is 1. The van der Waals surface area contributed by atoms with E-state index in [1.807, 2.05) is 41.0 Å². The average Bonchev–Trinajstić information content (AvgIpc) is 3.39. The first-order chi connectivity index (χ1) is 16.1. The molecule has 33 heavy (non-hydrogen) atoms. The van der Waals surface area contributed by atoms with Crippen LogP contribution >= 0.6 is 11.6 Å². The highest BCUT2D eigenvalue weighted by Crippen LogP contribution is 2.42. The second kappa shape index (κ2) is 7.88. The van der Waals surface area contributed by atoms with E-state index in [0.717, 1.165) is 59.4 Å². The van der Waals surface area contributed by atoms with Gasteiger partial charge >= 0.3 is 6.09 Å². The SMILES string of the molecule is O=C(O)N1Cc2cc(Cl)ccc2-n2c(nnc2C2CCC(c3noc4ccccc34)CC2)C1. The molecular formula is C24H22ClN5O3. The molecule has 3 heterocycles. The van der Waals surface area contributed by atoms with Crippen LogP contribution in [0.15, 0.2) is 47.0 Å². The zero-order valence-electron chi connectivity index (χ0n) is 17.8. The van der Waals surface area contributed by atoms with Crippen molar-refractivity contribution < 1.29 is 14.4 Å². The fraction of sp³-hybridized carbons (Fsp3) is 0.333. The predicted molar refractivity (Wildman–Crippen MR) is 122 cm³/mol. The molecule has 0 unspecified atom stereocenters. The van der Waals surface area contributed by atoms with Gasteiger partial charge in [-0.15, -0.1) is 10.2 Å². The van der Waals surface area contributed by atoms with Crippen molar-refractivity contribution >= 4 is 28.7 Å². The lowest BCUT2D eigenvalue weighted by molar-refractivity contribution is 0.139. The number of benzene rings is 2. The van der Waals surface area contributed by atoms with E-state index in [-0.39, 0.29) is 19.0 Å². The zero-order valence-corrected chi connectivity index (χ0v) is 18.6. The van der Waals surface area contributed by atoms with Gasteiger partial charge in [0, 0.05) is 22.2 Å². The minimum absolute atomic E-state index is 0.189. The highest BCUT2D eigenvalue weighted by atomic mass is 35.5. The molecule has 0 atom stereocenters. The molecule has 1 fully saturated rings. The Labute approximate surface area is 194 Å². The summed E-state index contributed by atoms with van der Waals surface area (Å²) in [4.78, 5) is 13.1. The Balaban J connectivity index is 1.31. The lowest BCUT2D eigenvalue weighted by atomic mass is 9.79. The van der Waals surface area contributed by atoms with Crippen LogP contribution < -0.4 is 0 Å². The second-order valence-corrected chi connectivity index (χ2v) is 9.27. The monoisotopic (exact) mass is 463 g/mol. The molecule has 1 N–H and O–H groups in total. The van der Waals surface area contributed by atoms with Crippen LogP contribution in [0.2, 0.25) is 5.02 Å². The van der Waals surface area contributed by atoms with Crippen LogP contribution in [0.4, 0.5) is 4.79 Å². The molecule has 0 bridgehead atoms. The fourth-order valence-electron chi connectivity index (χ4n) is 5.25. The number of halogens is 1. The third kappa shape index (κ3) is 3.45. The quantitative estimate of drug-likeness (QED) is 0.421. The Morgan fingerprint density at radius 3 is 2.64 bits per heavy atom. The topological polar surface area (TPSA) is 97.3 Å². The number of amides is 1. The van der Waals surface area contributed by atoms with Crippen LogP contribution in [0, 0.1) is 0 Å². The Kier molecular flexibility index (Phi) is 4.83. The van der Waals surface area contributed by atoms with Gasteiger partial charge in [-0.05, 0) is 61.6 Å². The van der Waals surface area contributed by atoms with Crippen molar-refractivity contribution in [2.45, 2.75) is 50.6 Å². The number of fused-ring (bicyclic) bond motifs is 4. The van der Waals surface area contributed by atoms with E-state index < -0.39 is 6.09 Å². The molecule has 1 amide bonds. The molecule has 0 saturated heterocycles. The van der Waals surface area contributed by atoms with Crippen LogP contribution in [0.3, 0.4) is 0 Å². The van der Waals surface area contributed by atoms with E-state index in [2.05, 4.69) is 21.4 Å². The number of nitrogens with zero attached hydrogens (tertiary/aromatic N) is 5. The molecule has 2 aliphatic rings. The predicted octanol–water partition coefficient (Wildman–Crippen LogP) is 5.50. The Morgan fingerprint density at radius 2 is 1.82 bits per heavy atom. The van der Waals surface area contributed by atoms with Gasteiger partial charge in [-0.3, -0.25) is 9.47 Å². The minimum Gasteiger partial charge on any atom is -0.465 e. The highest BCUT2D eigenvalue weighted by Gasteiger charge is 2.33. The maximum atomic E-state index is 11.8. The van der Waals surface area contributed by atoms with Crippen molar-refractivity contribution in [1.29, 1.82) is 0 Å². The molecule has 8 nitrogen and oxygen atoms in total. The largest absolute Gasteiger partial charge is 0.465 e. The first-order valence-electron chi connectivity index (χ1n) is 11.1. The van der Waals surface area contributed by atoms with Crippen LogP contribution in [-0.2, 0) is 13.1 Å². The van der Waals surface area contributed by atoms with E-state index >= 15 is 0 Å². The van der Waals surface area contributed by atoms with Gasteiger partial charge in [0.2, 0.25) is 0 Å². The molecule has 1 saturated carbocycles. The summed E-state index contributed by atoms with van der Waals surface area (Å²) < 4.78 is 7.57. The summed E-state index contributed by atoms with van der Waals surface area (Å²) in [6.07, 6.45) is 2.89. The normalized spacial score (nSPS) is 20.3. The van der Waals surface area contributed by atoms with Crippen LogP contribution in [0.1, 0.15) is 60.4 Å². The first kappa shape index (κ1) is 20.2. The van der Waals surface area contributed by atoms with E-state index in [1.54, 1.807) is 0 Å². The van der Waals surface area contributed by atoms with Gasteiger partial charge in [0.05, 0.1) is 24.5 Å². The van der Waals surface area contributed by atoms with Crippen molar-refractivity contribution in [3.8, 4) is 5.69 Å². The molecule has 1 aliphatic heterocycles.